The predicted molar refractivity (Wildman–Crippen MR) is 138 cm³/mol. The van der Waals surface area contributed by atoms with Crippen LogP contribution in [-0.4, -0.2) is 56.8 Å². The number of sulfonamides is 1. The summed E-state index contributed by atoms with van der Waals surface area (Å²) in [7, 11) is -2.29. The minimum Gasteiger partial charge on any atom is -0.492 e. The zero-order chi connectivity index (χ0) is 25.5. The molecule has 7 nitrogen and oxygen atoms in total. The maximum absolute atomic E-state index is 14.4. The molecule has 1 heterocycles. The Kier molecular flexibility index (Phi) is 8.14. The number of hydrogen-bond donors (Lipinski definition) is 1. The second-order valence-corrected chi connectivity index (χ2v) is 10.1. The van der Waals surface area contributed by atoms with Crippen LogP contribution in [0.2, 0.25) is 0 Å². The third kappa shape index (κ3) is 5.81. The van der Waals surface area contributed by atoms with Gasteiger partial charge in [0.2, 0.25) is 0 Å². The number of ether oxygens (including phenoxy) is 1. The van der Waals surface area contributed by atoms with Crippen molar-refractivity contribution < 1.29 is 22.7 Å². The summed E-state index contributed by atoms with van der Waals surface area (Å²) in [5.74, 6) is 0.190. The van der Waals surface area contributed by atoms with Gasteiger partial charge in [-0.2, -0.15) is 0 Å². The van der Waals surface area contributed by atoms with Crippen molar-refractivity contribution in [1.82, 2.24) is 9.88 Å². The van der Waals surface area contributed by atoms with Gasteiger partial charge in [0.05, 0.1) is 24.4 Å². The summed E-state index contributed by atoms with van der Waals surface area (Å²) in [6.45, 7) is 0.666. The first-order valence-corrected chi connectivity index (χ1v) is 13.0. The molecule has 0 aliphatic heterocycles. The highest BCUT2D eigenvalue weighted by Gasteiger charge is 2.29. The summed E-state index contributed by atoms with van der Waals surface area (Å²) in [4.78, 5) is 6.22. The molecule has 36 heavy (non-hydrogen) atoms. The fraction of sp³-hybridized carbons (Fsp3) is 0.222. The quantitative estimate of drug-likeness (QED) is 0.328. The third-order valence-corrected chi connectivity index (χ3v) is 7.55. The third-order valence-electron chi connectivity index (χ3n) is 5.71. The van der Waals surface area contributed by atoms with Gasteiger partial charge in [-0.05, 0) is 49.0 Å². The van der Waals surface area contributed by atoms with Gasteiger partial charge in [0, 0.05) is 24.7 Å². The van der Waals surface area contributed by atoms with E-state index in [9.17, 15) is 17.9 Å². The molecule has 0 amide bonds. The molecule has 0 saturated carbocycles. The van der Waals surface area contributed by atoms with Gasteiger partial charge >= 0.3 is 0 Å². The Morgan fingerprint density at radius 3 is 2.53 bits per heavy atom. The first-order chi connectivity index (χ1) is 17.4. The lowest BCUT2D eigenvalue weighted by molar-refractivity contribution is 0.233. The van der Waals surface area contributed by atoms with Crippen molar-refractivity contribution in [1.29, 1.82) is 0 Å². The first kappa shape index (κ1) is 25.6. The minimum atomic E-state index is -4.17. The van der Waals surface area contributed by atoms with Crippen molar-refractivity contribution in [2.24, 2.45) is 0 Å². The number of hydrogen-bond acceptors (Lipinski definition) is 6. The van der Waals surface area contributed by atoms with Crippen molar-refractivity contribution >= 4 is 26.6 Å². The molecule has 0 fully saturated rings. The molecule has 188 valence electrons. The summed E-state index contributed by atoms with van der Waals surface area (Å²) in [6, 6.07) is 21.9. The molecule has 4 aromatic rings. The first-order valence-electron chi connectivity index (χ1n) is 11.5. The van der Waals surface area contributed by atoms with Gasteiger partial charge in [-0.15, -0.1) is 0 Å². The molecule has 0 bridgehead atoms. The largest absolute Gasteiger partial charge is 0.492 e. The molecule has 0 radical (unpaired) electrons. The molecule has 3 aromatic carbocycles. The van der Waals surface area contributed by atoms with Crippen LogP contribution in [0.25, 0.3) is 10.9 Å². The van der Waals surface area contributed by atoms with E-state index in [1.807, 2.05) is 42.3 Å². The van der Waals surface area contributed by atoms with Crippen molar-refractivity contribution in [3.05, 3.63) is 96.4 Å². The number of likely N-dealkylation sites (N-methyl/N-ethyl adjacent to an activating group) is 1. The Balaban J connectivity index is 1.62. The average molecular weight is 510 g/mol. The predicted octanol–water partition coefficient (Wildman–Crippen LogP) is 4.07. The molecule has 0 unspecified atom stereocenters. The van der Waals surface area contributed by atoms with Gasteiger partial charge in [-0.1, -0.05) is 42.5 Å². The van der Waals surface area contributed by atoms with E-state index in [1.54, 1.807) is 30.3 Å². The standard InChI is InChI=1S/C27H28FN3O4S/c1-30(16-18-35-24-9-3-2-4-10-24)20-22-12-13-23(28)19-25(22)31(15-17-32)36(33,34)26-11-5-7-21-8-6-14-29-27(21)26/h2-14,19,32H,15-18,20H2,1H3. The molecule has 9 heteroatoms. The second kappa shape index (κ2) is 11.5. The number of nitrogens with zero attached hydrogens (tertiary/aromatic N) is 3. The normalized spacial score (nSPS) is 11.7. The topological polar surface area (TPSA) is 83.0 Å². The maximum atomic E-state index is 14.4. The Morgan fingerprint density at radius 2 is 1.75 bits per heavy atom. The lowest BCUT2D eigenvalue weighted by Crippen LogP contribution is -2.35. The van der Waals surface area contributed by atoms with Crippen LogP contribution in [-0.2, 0) is 16.6 Å². The van der Waals surface area contributed by atoms with Crippen LogP contribution in [0, 0.1) is 5.82 Å². The van der Waals surface area contributed by atoms with Crippen molar-refractivity contribution in [3.8, 4) is 5.75 Å². The number of aliphatic hydroxyl groups excluding tert-OH is 1. The molecule has 1 N–H and O–H groups in total. The molecule has 0 saturated heterocycles. The van der Waals surface area contributed by atoms with E-state index in [-0.39, 0.29) is 17.1 Å². The molecular formula is C27H28FN3O4S. The van der Waals surface area contributed by atoms with Crippen LogP contribution in [0.1, 0.15) is 5.56 Å². The molecule has 0 atom stereocenters. The second-order valence-electron chi connectivity index (χ2n) is 8.30. The van der Waals surface area contributed by atoms with E-state index < -0.39 is 22.4 Å². The lowest BCUT2D eigenvalue weighted by Gasteiger charge is -2.28. The van der Waals surface area contributed by atoms with Gasteiger partial charge in [-0.3, -0.25) is 14.2 Å². The lowest BCUT2D eigenvalue weighted by atomic mass is 10.1. The maximum Gasteiger partial charge on any atom is 0.266 e. The molecule has 0 spiro atoms. The highest BCUT2D eigenvalue weighted by Crippen LogP contribution is 2.31. The zero-order valence-corrected chi connectivity index (χ0v) is 20.7. The van der Waals surface area contributed by atoms with E-state index >= 15 is 0 Å². The van der Waals surface area contributed by atoms with Crippen LogP contribution in [0.3, 0.4) is 0 Å². The van der Waals surface area contributed by atoms with E-state index in [1.165, 1.54) is 24.4 Å². The van der Waals surface area contributed by atoms with Crippen molar-refractivity contribution in [3.63, 3.8) is 0 Å². The van der Waals surface area contributed by atoms with Gasteiger partial charge in [0.15, 0.2) is 0 Å². The summed E-state index contributed by atoms with van der Waals surface area (Å²) in [6.07, 6.45) is 1.53. The number of para-hydroxylation sites is 2. The Hall–Kier alpha value is -3.53. The van der Waals surface area contributed by atoms with Crippen LogP contribution < -0.4 is 9.04 Å². The smallest absolute Gasteiger partial charge is 0.266 e. The van der Waals surface area contributed by atoms with E-state index in [4.69, 9.17) is 4.74 Å². The highest BCUT2D eigenvalue weighted by atomic mass is 32.2. The van der Waals surface area contributed by atoms with Crippen LogP contribution in [0.4, 0.5) is 10.1 Å². The number of rotatable bonds is 11. The number of fused-ring (bicyclic) bond motifs is 1. The molecular weight excluding hydrogens is 481 g/mol. The van der Waals surface area contributed by atoms with Gasteiger partial charge in [0.1, 0.15) is 23.1 Å². The van der Waals surface area contributed by atoms with Gasteiger partial charge in [-0.25, -0.2) is 12.8 Å². The zero-order valence-electron chi connectivity index (χ0n) is 19.9. The highest BCUT2D eigenvalue weighted by molar-refractivity contribution is 7.93. The van der Waals surface area contributed by atoms with E-state index in [2.05, 4.69) is 4.98 Å². The van der Waals surface area contributed by atoms with Gasteiger partial charge in [0.25, 0.3) is 10.0 Å². The SMILES string of the molecule is CN(CCOc1ccccc1)Cc1ccc(F)cc1N(CCO)S(=O)(=O)c1cccc2cccnc12. The number of halogens is 1. The van der Waals surface area contributed by atoms with Gasteiger partial charge < -0.3 is 9.84 Å². The van der Waals surface area contributed by atoms with E-state index in [0.29, 0.717) is 36.2 Å². The number of aliphatic hydroxyl groups is 1. The van der Waals surface area contributed by atoms with Crippen LogP contribution in [0.5, 0.6) is 5.75 Å². The molecule has 0 aliphatic rings. The average Bonchev–Trinajstić information content (AvgIpc) is 2.88. The Labute approximate surface area is 210 Å². The number of pyridine rings is 1. The monoisotopic (exact) mass is 509 g/mol. The van der Waals surface area contributed by atoms with Crippen LogP contribution in [0.15, 0.2) is 90.0 Å². The molecule has 4 rings (SSSR count). The number of benzene rings is 3. The molecule has 0 aliphatic carbocycles. The summed E-state index contributed by atoms with van der Waals surface area (Å²) in [5.41, 5.74) is 1.09. The fourth-order valence-corrected chi connectivity index (χ4v) is 5.63. The summed E-state index contributed by atoms with van der Waals surface area (Å²) >= 11 is 0. The summed E-state index contributed by atoms with van der Waals surface area (Å²) in [5, 5.41) is 10.4. The van der Waals surface area contributed by atoms with Crippen molar-refractivity contribution in [2.75, 3.05) is 37.7 Å². The number of anilines is 1. The van der Waals surface area contributed by atoms with Crippen LogP contribution >= 0.6 is 0 Å². The van der Waals surface area contributed by atoms with E-state index in [0.717, 1.165) is 10.1 Å². The minimum absolute atomic E-state index is 0.00567. The summed E-state index contributed by atoms with van der Waals surface area (Å²) < 4.78 is 48.9. The Bertz CT molecular complexity index is 1410. The van der Waals surface area contributed by atoms with Crippen molar-refractivity contribution in [2.45, 2.75) is 11.4 Å². The Morgan fingerprint density at radius 1 is 0.972 bits per heavy atom. The fourth-order valence-electron chi connectivity index (χ4n) is 3.97. The number of aromatic nitrogens is 1. The molecule has 1 aromatic heterocycles.